The van der Waals surface area contributed by atoms with Crippen molar-refractivity contribution in [3.8, 4) is 0 Å². The van der Waals surface area contributed by atoms with Crippen LogP contribution in [0.1, 0.15) is 113 Å². The van der Waals surface area contributed by atoms with E-state index in [2.05, 4.69) is 60.6 Å². The molecular formula is C31H50O. The summed E-state index contributed by atoms with van der Waals surface area (Å²) in [4.78, 5) is 12.5. The average Bonchev–Trinajstić information content (AvgIpc) is 3.11. The zero-order valence-electron chi connectivity index (χ0n) is 22.2. The predicted molar refractivity (Wildman–Crippen MR) is 136 cm³/mol. The van der Waals surface area contributed by atoms with Crippen molar-refractivity contribution in [1.29, 1.82) is 0 Å². The fourth-order valence-corrected chi connectivity index (χ4v) is 9.46. The zero-order chi connectivity index (χ0) is 23.3. The van der Waals surface area contributed by atoms with Gasteiger partial charge in [-0.1, -0.05) is 71.3 Å². The smallest absolute Gasteiger partial charge is 0.133 e. The SMILES string of the molecule is C/C=C(/CC[C@@H](C)[C@H]1CC[C@H]2C3=CCC4CC(=O)CC(CC)[C@]4(C)[C@H]3CC[C@]12C)C(C)C. The first-order valence-corrected chi connectivity index (χ1v) is 14.0. The Balaban J connectivity index is 1.54. The Labute approximate surface area is 198 Å². The van der Waals surface area contributed by atoms with Crippen LogP contribution < -0.4 is 0 Å². The van der Waals surface area contributed by atoms with E-state index in [9.17, 15) is 4.79 Å². The molecule has 0 radical (unpaired) electrons. The van der Waals surface area contributed by atoms with E-state index in [-0.39, 0.29) is 0 Å². The molecule has 4 rings (SSSR count). The van der Waals surface area contributed by atoms with Gasteiger partial charge < -0.3 is 0 Å². The minimum Gasteiger partial charge on any atom is -0.300 e. The van der Waals surface area contributed by atoms with Crippen molar-refractivity contribution in [3.05, 3.63) is 23.3 Å². The fourth-order valence-electron chi connectivity index (χ4n) is 9.46. The maximum atomic E-state index is 12.5. The number of rotatable bonds is 6. The molecular weight excluding hydrogens is 388 g/mol. The summed E-state index contributed by atoms with van der Waals surface area (Å²) in [5.74, 6) is 5.64. The Bertz CT molecular complexity index is 771. The summed E-state index contributed by atoms with van der Waals surface area (Å²) in [5.41, 5.74) is 4.34. The number of hydrogen-bond acceptors (Lipinski definition) is 1. The number of carbonyl (C=O) groups is 1. The van der Waals surface area contributed by atoms with Gasteiger partial charge in [0, 0.05) is 12.8 Å². The quantitative estimate of drug-likeness (QED) is 0.379. The van der Waals surface area contributed by atoms with Gasteiger partial charge in [0.2, 0.25) is 0 Å². The third-order valence-electron chi connectivity index (χ3n) is 11.5. The molecule has 3 fully saturated rings. The molecule has 0 bridgehead atoms. The molecule has 0 amide bonds. The molecule has 32 heavy (non-hydrogen) atoms. The highest BCUT2D eigenvalue weighted by Gasteiger charge is 2.60. The van der Waals surface area contributed by atoms with E-state index in [1.807, 2.05) is 5.57 Å². The fraction of sp³-hybridized carbons (Fsp3) is 0.839. The van der Waals surface area contributed by atoms with Crippen LogP contribution in [0.15, 0.2) is 23.3 Å². The van der Waals surface area contributed by atoms with Gasteiger partial charge in [-0.2, -0.15) is 0 Å². The summed E-state index contributed by atoms with van der Waals surface area (Å²) in [6.07, 6.45) is 17.3. The summed E-state index contributed by atoms with van der Waals surface area (Å²) >= 11 is 0. The van der Waals surface area contributed by atoms with Crippen LogP contribution in [0.2, 0.25) is 0 Å². The number of carbonyl (C=O) groups excluding carboxylic acids is 1. The van der Waals surface area contributed by atoms with Crippen molar-refractivity contribution in [3.63, 3.8) is 0 Å². The first kappa shape index (κ1) is 24.3. The van der Waals surface area contributed by atoms with Crippen molar-refractivity contribution >= 4 is 5.78 Å². The van der Waals surface area contributed by atoms with E-state index < -0.39 is 0 Å². The number of fused-ring (bicyclic) bond motifs is 5. The molecule has 0 aromatic heterocycles. The minimum absolute atomic E-state index is 0.357. The molecule has 180 valence electrons. The van der Waals surface area contributed by atoms with Gasteiger partial charge >= 0.3 is 0 Å². The summed E-state index contributed by atoms with van der Waals surface area (Å²) in [7, 11) is 0. The highest BCUT2D eigenvalue weighted by atomic mass is 16.1. The van der Waals surface area contributed by atoms with Gasteiger partial charge in [-0.25, -0.2) is 0 Å². The Morgan fingerprint density at radius 2 is 1.88 bits per heavy atom. The standard InChI is InChI=1S/C31H50O/c1-8-22(20(3)4)11-10-21(5)27-14-15-28-26-13-12-24-19-25(32)18-23(9-2)31(24,7)29(26)16-17-30(27,28)6/h8,13,20-21,23-24,27-29H,9-12,14-19H2,1-7H3/b22-8-/t21-,23?,24?,27-,28+,29+,30-,31+/m1/s1. The maximum Gasteiger partial charge on any atom is 0.133 e. The lowest BCUT2D eigenvalue weighted by molar-refractivity contribution is -0.133. The summed E-state index contributed by atoms with van der Waals surface area (Å²) in [6, 6.07) is 0. The van der Waals surface area contributed by atoms with Gasteiger partial charge in [-0.3, -0.25) is 4.79 Å². The second-order valence-electron chi connectivity index (χ2n) is 12.9. The van der Waals surface area contributed by atoms with E-state index in [0.29, 0.717) is 34.4 Å². The Hall–Kier alpha value is -0.850. The monoisotopic (exact) mass is 438 g/mol. The van der Waals surface area contributed by atoms with Crippen molar-refractivity contribution < 1.29 is 4.79 Å². The lowest BCUT2D eigenvalue weighted by Crippen LogP contribution is -2.53. The van der Waals surface area contributed by atoms with Crippen LogP contribution in [0.5, 0.6) is 0 Å². The second kappa shape index (κ2) is 9.07. The first-order chi connectivity index (χ1) is 15.2. The van der Waals surface area contributed by atoms with Gasteiger partial charge in [0.1, 0.15) is 5.78 Å². The highest BCUT2D eigenvalue weighted by molar-refractivity contribution is 5.80. The molecule has 0 spiro atoms. The van der Waals surface area contributed by atoms with E-state index in [4.69, 9.17) is 0 Å². The van der Waals surface area contributed by atoms with Gasteiger partial charge in [0.25, 0.3) is 0 Å². The van der Waals surface area contributed by atoms with E-state index in [1.165, 1.54) is 44.9 Å². The number of Topliss-reactive ketones (excluding diaryl/α,β-unsaturated/α-hetero) is 1. The third kappa shape index (κ3) is 3.78. The molecule has 0 aliphatic heterocycles. The number of allylic oxidation sites excluding steroid dienone is 4. The Kier molecular flexibility index (Phi) is 6.88. The summed E-state index contributed by atoms with van der Waals surface area (Å²) in [5, 5.41) is 0. The molecule has 1 heteroatoms. The van der Waals surface area contributed by atoms with Crippen LogP contribution in [0.25, 0.3) is 0 Å². The van der Waals surface area contributed by atoms with Crippen LogP contribution in [-0.2, 0) is 4.79 Å². The lowest BCUT2D eigenvalue weighted by Gasteiger charge is -2.59. The third-order valence-corrected chi connectivity index (χ3v) is 11.5. The molecule has 0 aromatic rings. The highest BCUT2D eigenvalue weighted by Crippen LogP contribution is 2.68. The van der Waals surface area contributed by atoms with Crippen LogP contribution >= 0.6 is 0 Å². The molecule has 0 N–H and O–H groups in total. The zero-order valence-corrected chi connectivity index (χ0v) is 22.2. The molecule has 4 aliphatic rings. The topological polar surface area (TPSA) is 17.1 Å². The molecule has 8 atom stereocenters. The van der Waals surface area contributed by atoms with Crippen LogP contribution in [-0.4, -0.2) is 5.78 Å². The normalized spacial score (nSPS) is 42.9. The van der Waals surface area contributed by atoms with Gasteiger partial charge in [0.05, 0.1) is 0 Å². The maximum absolute atomic E-state index is 12.5. The average molecular weight is 439 g/mol. The van der Waals surface area contributed by atoms with E-state index in [0.717, 1.165) is 42.9 Å². The molecule has 0 aromatic carbocycles. The van der Waals surface area contributed by atoms with Gasteiger partial charge in [-0.15, -0.1) is 0 Å². The number of hydrogen-bond donors (Lipinski definition) is 0. The molecule has 0 saturated heterocycles. The summed E-state index contributed by atoms with van der Waals surface area (Å²) < 4.78 is 0. The van der Waals surface area contributed by atoms with Crippen molar-refractivity contribution in [1.82, 2.24) is 0 Å². The second-order valence-corrected chi connectivity index (χ2v) is 12.9. The number of ketones is 1. The Morgan fingerprint density at radius 3 is 2.53 bits per heavy atom. The van der Waals surface area contributed by atoms with Crippen LogP contribution in [0.4, 0.5) is 0 Å². The van der Waals surface area contributed by atoms with Crippen LogP contribution in [0.3, 0.4) is 0 Å². The summed E-state index contributed by atoms with van der Waals surface area (Å²) in [6.45, 7) is 17.1. The van der Waals surface area contributed by atoms with Gasteiger partial charge in [-0.05, 0) is 104 Å². The first-order valence-electron chi connectivity index (χ1n) is 14.0. The minimum atomic E-state index is 0.357. The van der Waals surface area contributed by atoms with E-state index in [1.54, 1.807) is 5.57 Å². The predicted octanol–water partition coefficient (Wildman–Crippen LogP) is 8.79. The van der Waals surface area contributed by atoms with Crippen molar-refractivity contribution in [2.24, 2.45) is 52.3 Å². The van der Waals surface area contributed by atoms with Crippen molar-refractivity contribution in [2.45, 2.75) is 113 Å². The molecule has 3 saturated carbocycles. The lowest BCUT2D eigenvalue weighted by atomic mass is 9.45. The molecule has 4 aliphatic carbocycles. The van der Waals surface area contributed by atoms with Crippen molar-refractivity contribution in [2.75, 3.05) is 0 Å². The van der Waals surface area contributed by atoms with E-state index >= 15 is 0 Å². The molecule has 0 heterocycles. The molecule has 1 nitrogen and oxygen atoms in total. The largest absolute Gasteiger partial charge is 0.300 e. The Morgan fingerprint density at radius 1 is 1.12 bits per heavy atom. The van der Waals surface area contributed by atoms with Crippen LogP contribution in [0, 0.1) is 52.3 Å². The molecule has 2 unspecified atom stereocenters. The van der Waals surface area contributed by atoms with Gasteiger partial charge in [0.15, 0.2) is 0 Å².